The number of carbonyl (C=O) groups excluding carboxylic acids is 1. The number of halogens is 1. The second-order valence-electron chi connectivity index (χ2n) is 3.67. The fourth-order valence-corrected chi connectivity index (χ4v) is 1.39. The first-order valence-corrected chi connectivity index (χ1v) is 5.35. The van der Waals surface area contributed by atoms with E-state index in [1.54, 1.807) is 0 Å². The van der Waals surface area contributed by atoms with Crippen molar-refractivity contribution in [3.05, 3.63) is 39.7 Å². The Balaban J connectivity index is 2.73. The molecule has 8 heteroatoms. The number of nitro benzene ring substituents is 1. The van der Waals surface area contributed by atoms with Gasteiger partial charge in [0.2, 0.25) is 0 Å². The Bertz CT molecular complexity index is 518. The van der Waals surface area contributed by atoms with Crippen LogP contribution in [0.5, 0.6) is 0 Å². The van der Waals surface area contributed by atoms with Gasteiger partial charge in [-0.25, -0.2) is 4.39 Å². The molecule has 0 aliphatic carbocycles. The molecule has 1 aromatic rings. The number of carbonyl (C=O) groups is 2. The van der Waals surface area contributed by atoms with Crippen molar-refractivity contribution in [1.29, 1.82) is 0 Å². The van der Waals surface area contributed by atoms with Gasteiger partial charge < -0.3 is 10.4 Å². The Labute approximate surface area is 107 Å². The highest BCUT2D eigenvalue weighted by molar-refractivity contribution is 5.98. The first-order valence-electron chi connectivity index (χ1n) is 5.35. The second kappa shape index (κ2) is 6.43. The van der Waals surface area contributed by atoms with Crippen LogP contribution >= 0.6 is 0 Å². The number of aliphatic carboxylic acids is 1. The number of carboxylic acid groups (broad SMARTS) is 1. The molecule has 19 heavy (non-hydrogen) atoms. The molecule has 0 radical (unpaired) electrons. The van der Waals surface area contributed by atoms with Gasteiger partial charge in [0.05, 0.1) is 4.92 Å². The van der Waals surface area contributed by atoms with Gasteiger partial charge >= 0.3 is 5.97 Å². The van der Waals surface area contributed by atoms with E-state index in [0.29, 0.717) is 0 Å². The summed E-state index contributed by atoms with van der Waals surface area (Å²) < 4.78 is 13.0. The maximum Gasteiger partial charge on any atom is 0.303 e. The van der Waals surface area contributed by atoms with Crippen LogP contribution < -0.4 is 5.32 Å². The van der Waals surface area contributed by atoms with Crippen LogP contribution in [0.25, 0.3) is 0 Å². The van der Waals surface area contributed by atoms with Crippen molar-refractivity contribution in [2.45, 2.75) is 12.8 Å². The third kappa shape index (κ3) is 4.34. The zero-order valence-corrected chi connectivity index (χ0v) is 9.76. The maximum atomic E-state index is 13.0. The van der Waals surface area contributed by atoms with E-state index in [2.05, 4.69) is 5.32 Å². The molecular formula is C11H11FN2O5. The van der Waals surface area contributed by atoms with Crippen LogP contribution in [0.15, 0.2) is 18.2 Å². The molecule has 0 saturated carbocycles. The second-order valence-corrected chi connectivity index (χ2v) is 3.67. The van der Waals surface area contributed by atoms with Gasteiger partial charge in [0.15, 0.2) is 0 Å². The van der Waals surface area contributed by atoms with Gasteiger partial charge in [-0.3, -0.25) is 19.7 Å². The van der Waals surface area contributed by atoms with E-state index in [9.17, 15) is 24.1 Å². The van der Waals surface area contributed by atoms with Gasteiger partial charge in [-0.2, -0.15) is 0 Å². The monoisotopic (exact) mass is 270 g/mol. The lowest BCUT2D eigenvalue weighted by atomic mass is 10.1. The fourth-order valence-electron chi connectivity index (χ4n) is 1.39. The van der Waals surface area contributed by atoms with Crippen molar-refractivity contribution < 1.29 is 24.0 Å². The number of nitrogens with one attached hydrogen (secondary N) is 1. The Morgan fingerprint density at radius 2 is 2.11 bits per heavy atom. The minimum absolute atomic E-state index is 0.0405. The van der Waals surface area contributed by atoms with E-state index >= 15 is 0 Å². The van der Waals surface area contributed by atoms with Crippen LogP contribution in [-0.2, 0) is 4.79 Å². The number of hydrogen-bond donors (Lipinski definition) is 2. The number of amides is 1. The zero-order valence-electron chi connectivity index (χ0n) is 9.76. The van der Waals surface area contributed by atoms with E-state index in [-0.39, 0.29) is 24.9 Å². The summed E-state index contributed by atoms with van der Waals surface area (Å²) in [5.41, 5.74) is -0.891. The first kappa shape index (κ1) is 14.6. The molecule has 0 aliphatic heterocycles. The molecule has 1 aromatic carbocycles. The third-order valence-electron chi connectivity index (χ3n) is 2.25. The zero-order chi connectivity index (χ0) is 14.4. The van der Waals surface area contributed by atoms with E-state index in [1.807, 2.05) is 0 Å². The summed E-state index contributed by atoms with van der Waals surface area (Å²) in [7, 11) is 0. The van der Waals surface area contributed by atoms with E-state index in [1.165, 1.54) is 0 Å². The Kier molecular flexibility index (Phi) is 4.92. The Morgan fingerprint density at radius 3 is 2.68 bits per heavy atom. The molecule has 0 atom stereocenters. The molecule has 2 N–H and O–H groups in total. The van der Waals surface area contributed by atoms with Crippen molar-refractivity contribution >= 4 is 17.6 Å². The first-order chi connectivity index (χ1) is 8.91. The highest BCUT2D eigenvalue weighted by Crippen LogP contribution is 2.19. The summed E-state index contributed by atoms with van der Waals surface area (Å²) in [5, 5.41) is 21.4. The molecule has 0 unspecified atom stereocenters. The number of benzene rings is 1. The molecule has 0 heterocycles. The minimum Gasteiger partial charge on any atom is -0.481 e. The molecule has 0 fully saturated rings. The van der Waals surface area contributed by atoms with Gasteiger partial charge in [-0.05, 0) is 18.6 Å². The topological polar surface area (TPSA) is 110 Å². The Morgan fingerprint density at radius 1 is 1.42 bits per heavy atom. The van der Waals surface area contributed by atoms with Crippen LogP contribution in [0.1, 0.15) is 23.2 Å². The SMILES string of the molecule is O=C(O)CCCNC(=O)c1cc(F)ccc1[N+](=O)[O-]. The molecular weight excluding hydrogens is 259 g/mol. The predicted octanol–water partition coefficient (Wildman–Crippen LogP) is 1.33. The van der Waals surface area contributed by atoms with Crippen molar-refractivity contribution in [2.75, 3.05) is 6.54 Å². The maximum absolute atomic E-state index is 13.0. The van der Waals surface area contributed by atoms with Gasteiger partial charge in [0.25, 0.3) is 11.6 Å². The summed E-state index contributed by atoms with van der Waals surface area (Å²) in [5.74, 6) is -2.58. The smallest absolute Gasteiger partial charge is 0.303 e. The van der Waals surface area contributed by atoms with Crippen molar-refractivity contribution in [3.63, 3.8) is 0 Å². The van der Waals surface area contributed by atoms with Crippen LogP contribution in [-0.4, -0.2) is 28.5 Å². The minimum atomic E-state index is -1.01. The summed E-state index contributed by atoms with van der Waals surface area (Å²) in [4.78, 5) is 31.8. The lowest BCUT2D eigenvalue weighted by molar-refractivity contribution is -0.385. The molecule has 1 amide bonds. The molecule has 102 valence electrons. The normalized spacial score (nSPS) is 9.95. The molecule has 0 bridgehead atoms. The number of carboxylic acids is 1. The van der Waals surface area contributed by atoms with E-state index in [0.717, 1.165) is 18.2 Å². The lowest BCUT2D eigenvalue weighted by Crippen LogP contribution is -2.25. The lowest BCUT2D eigenvalue weighted by Gasteiger charge is -2.05. The Hall–Kier alpha value is -2.51. The number of hydrogen-bond acceptors (Lipinski definition) is 4. The third-order valence-corrected chi connectivity index (χ3v) is 2.25. The summed E-state index contributed by atoms with van der Waals surface area (Å²) in [6, 6.07) is 2.56. The van der Waals surface area contributed by atoms with Gasteiger partial charge in [-0.1, -0.05) is 0 Å². The van der Waals surface area contributed by atoms with Crippen molar-refractivity contribution in [1.82, 2.24) is 5.32 Å². The molecule has 0 spiro atoms. The van der Waals surface area contributed by atoms with E-state index in [4.69, 9.17) is 5.11 Å². The standard InChI is InChI=1S/C11H11FN2O5/c12-7-3-4-9(14(18)19)8(6-7)11(17)13-5-1-2-10(15)16/h3-4,6H,1-2,5H2,(H,13,17)(H,15,16). The average molecular weight is 270 g/mol. The summed E-state index contributed by atoms with van der Waals surface area (Å²) in [6.07, 6.45) is 0.0513. The number of nitrogens with zero attached hydrogens (tertiary/aromatic N) is 1. The quantitative estimate of drug-likeness (QED) is 0.460. The summed E-state index contributed by atoms with van der Waals surface area (Å²) >= 11 is 0. The van der Waals surface area contributed by atoms with Crippen LogP contribution in [0.2, 0.25) is 0 Å². The van der Waals surface area contributed by atoms with Gasteiger partial charge in [0, 0.05) is 19.0 Å². The predicted molar refractivity (Wildman–Crippen MR) is 62.3 cm³/mol. The van der Waals surface area contributed by atoms with Crippen LogP contribution in [0.3, 0.4) is 0 Å². The van der Waals surface area contributed by atoms with Crippen molar-refractivity contribution in [2.24, 2.45) is 0 Å². The van der Waals surface area contributed by atoms with Crippen molar-refractivity contribution in [3.8, 4) is 0 Å². The average Bonchev–Trinajstić information content (AvgIpc) is 2.33. The molecule has 0 saturated heterocycles. The molecule has 0 aromatic heterocycles. The van der Waals surface area contributed by atoms with Crippen LogP contribution in [0, 0.1) is 15.9 Å². The van der Waals surface area contributed by atoms with Gasteiger partial charge in [0.1, 0.15) is 11.4 Å². The van der Waals surface area contributed by atoms with E-state index < -0.39 is 28.3 Å². The number of rotatable bonds is 6. The molecule has 1 rings (SSSR count). The fraction of sp³-hybridized carbons (Fsp3) is 0.273. The van der Waals surface area contributed by atoms with Gasteiger partial charge in [-0.15, -0.1) is 0 Å². The highest BCUT2D eigenvalue weighted by atomic mass is 19.1. The highest BCUT2D eigenvalue weighted by Gasteiger charge is 2.20. The molecule has 7 nitrogen and oxygen atoms in total. The largest absolute Gasteiger partial charge is 0.481 e. The van der Waals surface area contributed by atoms with Crippen LogP contribution in [0.4, 0.5) is 10.1 Å². The summed E-state index contributed by atoms with van der Waals surface area (Å²) in [6.45, 7) is 0.0405. The number of nitro groups is 1. The molecule has 0 aliphatic rings.